The van der Waals surface area contributed by atoms with E-state index in [1.54, 1.807) is 24.3 Å². The largest absolute Gasteiger partial charge is 0.465 e. The zero-order valence-corrected chi connectivity index (χ0v) is 23.6. The van der Waals surface area contributed by atoms with Gasteiger partial charge in [-0.3, -0.25) is 0 Å². The molecule has 210 valence electrons. The van der Waals surface area contributed by atoms with Gasteiger partial charge in [0.05, 0.1) is 25.3 Å². The summed E-state index contributed by atoms with van der Waals surface area (Å²) < 4.78 is 9.31. The van der Waals surface area contributed by atoms with Crippen LogP contribution in [0.25, 0.3) is 0 Å². The first-order valence-electron chi connectivity index (χ1n) is 13.9. The van der Waals surface area contributed by atoms with Crippen LogP contribution < -0.4 is 0 Å². The Morgan fingerprint density at radius 2 is 1.16 bits per heavy atom. The summed E-state index contributed by atoms with van der Waals surface area (Å²) in [6, 6.07) is 14.4. The van der Waals surface area contributed by atoms with Gasteiger partial charge in [-0.05, 0) is 48.2 Å². The monoisotopic (exact) mass is 526 g/mol. The number of hydrogen-bond acceptors (Lipinski definition) is 6. The highest BCUT2D eigenvalue weighted by atomic mass is 16.5. The van der Waals surface area contributed by atoms with Gasteiger partial charge in [0.1, 0.15) is 6.29 Å². The maximum absolute atomic E-state index is 11.3. The second kappa shape index (κ2) is 20.0. The van der Waals surface area contributed by atoms with Crippen LogP contribution in [0.5, 0.6) is 0 Å². The van der Waals surface area contributed by atoms with Gasteiger partial charge in [0.15, 0.2) is 0 Å². The summed E-state index contributed by atoms with van der Waals surface area (Å²) in [6.07, 6.45) is 12.3. The van der Waals surface area contributed by atoms with Crippen molar-refractivity contribution in [1.29, 1.82) is 0 Å². The molecule has 2 rings (SSSR count). The molecule has 1 N–H and O–H groups in total. The summed E-state index contributed by atoms with van der Waals surface area (Å²) in [5, 5.41) is 9.47. The summed E-state index contributed by atoms with van der Waals surface area (Å²) in [6.45, 7) is 4.52. The van der Waals surface area contributed by atoms with Crippen molar-refractivity contribution in [2.75, 3.05) is 20.8 Å². The molecular weight excluding hydrogens is 480 g/mol. The second-order valence-corrected chi connectivity index (χ2v) is 9.55. The molecule has 0 fully saturated rings. The van der Waals surface area contributed by atoms with Crippen LogP contribution in [0.2, 0.25) is 0 Å². The number of carbonyl (C=O) groups excluding carboxylic acids is 3. The number of ether oxygens (including phenoxy) is 2. The highest BCUT2D eigenvalue weighted by Gasteiger charge is 2.13. The van der Waals surface area contributed by atoms with E-state index in [1.165, 1.54) is 52.7 Å². The highest BCUT2D eigenvalue weighted by molar-refractivity contribution is 5.89. The Morgan fingerprint density at radius 3 is 1.55 bits per heavy atom. The molecule has 0 aromatic heterocycles. The molecule has 38 heavy (non-hydrogen) atoms. The first-order chi connectivity index (χ1) is 18.4. The van der Waals surface area contributed by atoms with E-state index in [9.17, 15) is 19.5 Å². The average molecular weight is 527 g/mol. The Kier molecular flexibility index (Phi) is 17.4. The minimum absolute atomic E-state index is 0.0662. The summed E-state index contributed by atoms with van der Waals surface area (Å²) in [5.41, 5.74) is 3.13. The zero-order chi connectivity index (χ0) is 28.2. The molecular formula is C32H46O6. The van der Waals surface area contributed by atoms with Crippen LogP contribution in [0.15, 0.2) is 48.5 Å². The molecule has 0 aliphatic rings. The van der Waals surface area contributed by atoms with Gasteiger partial charge in [-0.1, -0.05) is 89.5 Å². The van der Waals surface area contributed by atoms with Crippen molar-refractivity contribution in [2.24, 2.45) is 0 Å². The van der Waals surface area contributed by atoms with Crippen LogP contribution in [0, 0.1) is 0 Å². The van der Waals surface area contributed by atoms with Gasteiger partial charge < -0.3 is 19.4 Å². The number of hydrogen-bond donors (Lipinski definition) is 1. The number of aldehydes is 1. The lowest BCUT2D eigenvalue weighted by atomic mass is 9.93. The molecule has 0 aliphatic carbocycles. The van der Waals surface area contributed by atoms with E-state index in [2.05, 4.69) is 23.3 Å². The Bertz CT molecular complexity index is 920. The summed E-state index contributed by atoms with van der Waals surface area (Å²) in [4.78, 5) is 33.8. The molecule has 0 radical (unpaired) electrons. The van der Waals surface area contributed by atoms with Crippen molar-refractivity contribution in [3.8, 4) is 0 Å². The topological polar surface area (TPSA) is 89.9 Å². The van der Waals surface area contributed by atoms with Crippen molar-refractivity contribution in [1.82, 2.24) is 0 Å². The molecule has 0 saturated carbocycles. The molecule has 2 aromatic rings. The number of benzene rings is 2. The number of carbonyl (C=O) groups is 3. The predicted molar refractivity (Wildman–Crippen MR) is 152 cm³/mol. The van der Waals surface area contributed by atoms with Crippen LogP contribution in [-0.4, -0.2) is 44.2 Å². The van der Waals surface area contributed by atoms with Gasteiger partial charge in [0.2, 0.25) is 0 Å². The summed E-state index contributed by atoms with van der Waals surface area (Å²) in [7, 11) is 2.73. The molecule has 2 atom stereocenters. The molecule has 0 heterocycles. The number of esters is 2. The Hall–Kier alpha value is -2.99. The van der Waals surface area contributed by atoms with Crippen molar-refractivity contribution < 1.29 is 29.0 Å². The molecule has 6 heteroatoms. The standard InChI is InChI=1S/C16H24O3.C16H22O3/c2*1-3-4-5-6-7-15(12-17)13-8-10-14(11-9-13)16(18)19-2/h8-11,15,17H,3-7,12H2,1-2H3;8-12,15H,3-7H2,1-2H3. The second-order valence-electron chi connectivity index (χ2n) is 9.55. The van der Waals surface area contributed by atoms with E-state index in [4.69, 9.17) is 0 Å². The lowest BCUT2D eigenvalue weighted by Crippen LogP contribution is -2.06. The van der Waals surface area contributed by atoms with Crippen LogP contribution in [0.1, 0.15) is 122 Å². The van der Waals surface area contributed by atoms with Crippen LogP contribution >= 0.6 is 0 Å². The van der Waals surface area contributed by atoms with Gasteiger partial charge in [-0.15, -0.1) is 0 Å². The third-order valence-corrected chi connectivity index (χ3v) is 6.72. The maximum atomic E-state index is 11.3. The quantitative estimate of drug-likeness (QED) is 0.141. The van der Waals surface area contributed by atoms with Gasteiger partial charge in [-0.2, -0.15) is 0 Å². The summed E-state index contributed by atoms with van der Waals surface area (Å²) in [5.74, 6) is -0.570. The Morgan fingerprint density at radius 1 is 0.711 bits per heavy atom. The van der Waals surface area contributed by atoms with E-state index in [-0.39, 0.29) is 30.4 Å². The van der Waals surface area contributed by atoms with Crippen molar-refractivity contribution in [2.45, 2.75) is 89.9 Å². The maximum Gasteiger partial charge on any atom is 0.337 e. The van der Waals surface area contributed by atoms with E-state index in [1.807, 2.05) is 24.3 Å². The first kappa shape index (κ1) is 33.0. The molecule has 6 nitrogen and oxygen atoms in total. The Balaban J connectivity index is 0.000000380. The minimum atomic E-state index is -0.350. The van der Waals surface area contributed by atoms with E-state index >= 15 is 0 Å². The third-order valence-electron chi connectivity index (χ3n) is 6.72. The molecule has 2 unspecified atom stereocenters. The Labute approximate surface area is 228 Å². The molecule has 2 aromatic carbocycles. The van der Waals surface area contributed by atoms with Gasteiger partial charge in [-0.25, -0.2) is 9.59 Å². The molecule has 0 bridgehead atoms. The molecule has 0 amide bonds. The lowest BCUT2D eigenvalue weighted by Gasteiger charge is -2.14. The van der Waals surface area contributed by atoms with Crippen molar-refractivity contribution in [3.05, 3.63) is 70.8 Å². The third kappa shape index (κ3) is 12.0. The normalized spacial score (nSPS) is 12.0. The van der Waals surface area contributed by atoms with Crippen molar-refractivity contribution >= 4 is 18.2 Å². The molecule has 0 spiro atoms. The van der Waals surface area contributed by atoms with E-state index < -0.39 is 0 Å². The van der Waals surface area contributed by atoms with Crippen molar-refractivity contribution in [3.63, 3.8) is 0 Å². The number of aliphatic hydroxyl groups is 1. The zero-order valence-electron chi connectivity index (χ0n) is 23.6. The van der Waals surface area contributed by atoms with Gasteiger partial charge in [0, 0.05) is 18.4 Å². The van der Waals surface area contributed by atoms with E-state index in [0.717, 1.165) is 43.1 Å². The number of rotatable bonds is 16. The smallest absolute Gasteiger partial charge is 0.337 e. The predicted octanol–water partition coefficient (Wildman–Crippen LogP) is 7.25. The SMILES string of the molecule is CCCCCCC(C=O)c1ccc(C(=O)OC)cc1.CCCCCCC(CO)c1ccc(C(=O)OC)cc1. The van der Waals surface area contributed by atoms with E-state index in [0.29, 0.717) is 11.1 Å². The van der Waals surface area contributed by atoms with Crippen LogP contribution in [-0.2, 0) is 14.3 Å². The number of aliphatic hydroxyl groups excluding tert-OH is 1. The summed E-state index contributed by atoms with van der Waals surface area (Å²) >= 11 is 0. The fourth-order valence-corrected chi connectivity index (χ4v) is 4.28. The fourth-order valence-electron chi connectivity index (χ4n) is 4.28. The highest BCUT2D eigenvalue weighted by Crippen LogP contribution is 2.23. The number of unbranched alkanes of at least 4 members (excludes halogenated alkanes) is 6. The molecule has 0 saturated heterocycles. The number of methoxy groups -OCH3 is 2. The fraction of sp³-hybridized carbons (Fsp3) is 0.531. The molecule has 0 aliphatic heterocycles. The lowest BCUT2D eigenvalue weighted by molar-refractivity contribution is -0.109. The minimum Gasteiger partial charge on any atom is -0.465 e. The average Bonchev–Trinajstić information content (AvgIpc) is 2.97. The van der Waals surface area contributed by atoms with Crippen LogP contribution in [0.4, 0.5) is 0 Å². The first-order valence-corrected chi connectivity index (χ1v) is 13.9. The van der Waals surface area contributed by atoms with Crippen LogP contribution in [0.3, 0.4) is 0 Å². The van der Waals surface area contributed by atoms with Gasteiger partial charge in [0.25, 0.3) is 0 Å². The van der Waals surface area contributed by atoms with Gasteiger partial charge >= 0.3 is 11.9 Å².